The zero-order valence-corrected chi connectivity index (χ0v) is 10.7. The lowest BCUT2D eigenvalue weighted by Crippen LogP contribution is -2.39. The molecule has 0 aliphatic carbocycles. The highest BCUT2D eigenvalue weighted by Gasteiger charge is 2.23. The van der Waals surface area contributed by atoms with Crippen LogP contribution in [0.5, 0.6) is 0 Å². The van der Waals surface area contributed by atoms with Gasteiger partial charge in [0.25, 0.3) is 0 Å². The average molecular weight is 242 g/mol. The summed E-state index contributed by atoms with van der Waals surface area (Å²) in [6.07, 6.45) is 5.52. The quantitative estimate of drug-likeness (QED) is 0.765. The summed E-state index contributed by atoms with van der Waals surface area (Å²) >= 11 is 0. The number of nitriles is 1. The second-order valence-corrected chi connectivity index (χ2v) is 4.76. The molecule has 18 heavy (non-hydrogen) atoms. The molecule has 0 spiro atoms. The van der Waals surface area contributed by atoms with E-state index in [0.29, 0.717) is 17.2 Å². The van der Waals surface area contributed by atoms with Gasteiger partial charge in [0.2, 0.25) is 0 Å². The molecule has 1 unspecified atom stereocenters. The molecule has 0 saturated carbocycles. The molecule has 0 radical (unpaired) electrons. The molecular formula is C15H18N2O. The van der Waals surface area contributed by atoms with Gasteiger partial charge in [-0.25, -0.2) is 0 Å². The number of benzene rings is 1. The predicted molar refractivity (Wildman–Crippen MR) is 71.8 cm³/mol. The van der Waals surface area contributed by atoms with Crippen molar-refractivity contribution in [2.24, 2.45) is 0 Å². The van der Waals surface area contributed by atoms with Gasteiger partial charge in [-0.1, -0.05) is 6.92 Å². The fourth-order valence-electron chi connectivity index (χ4n) is 2.71. The zero-order chi connectivity index (χ0) is 13.0. The minimum absolute atomic E-state index is 0.521. The Bertz CT molecular complexity index is 476. The number of nitrogens with zero attached hydrogens (tertiary/aromatic N) is 2. The highest BCUT2D eigenvalue weighted by Crippen LogP contribution is 2.29. The van der Waals surface area contributed by atoms with Gasteiger partial charge >= 0.3 is 0 Å². The summed E-state index contributed by atoms with van der Waals surface area (Å²) in [7, 11) is 0. The number of carbonyl (C=O) groups is 1. The summed E-state index contributed by atoms with van der Waals surface area (Å²) in [6.45, 7) is 3.20. The van der Waals surface area contributed by atoms with Crippen LogP contribution in [0.2, 0.25) is 0 Å². The molecule has 1 aliphatic rings. The van der Waals surface area contributed by atoms with Crippen LogP contribution in [0.25, 0.3) is 0 Å². The average Bonchev–Trinajstić information content (AvgIpc) is 2.46. The molecule has 1 fully saturated rings. The standard InChI is InChI=1S/C15H18N2O/c1-2-14-5-3-4-8-17(14)15-7-6-12(11-18)9-13(15)10-16/h6-7,9,11,14H,2-5,8H2,1H3. The predicted octanol–water partition coefficient (Wildman–Crippen LogP) is 3.14. The SMILES string of the molecule is CCC1CCCCN1c1ccc(C=O)cc1C#N. The maximum Gasteiger partial charge on any atom is 0.150 e. The molecule has 0 amide bonds. The smallest absolute Gasteiger partial charge is 0.150 e. The first-order chi connectivity index (χ1) is 8.80. The van der Waals surface area contributed by atoms with Gasteiger partial charge < -0.3 is 4.90 Å². The van der Waals surface area contributed by atoms with E-state index in [4.69, 9.17) is 0 Å². The van der Waals surface area contributed by atoms with Crippen LogP contribution < -0.4 is 4.90 Å². The minimum Gasteiger partial charge on any atom is -0.367 e. The number of piperidine rings is 1. The second kappa shape index (κ2) is 5.68. The van der Waals surface area contributed by atoms with Gasteiger partial charge in [-0.2, -0.15) is 5.26 Å². The second-order valence-electron chi connectivity index (χ2n) is 4.76. The van der Waals surface area contributed by atoms with Gasteiger partial charge in [0.15, 0.2) is 0 Å². The Morgan fingerprint density at radius 2 is 2.33 bits per heavy atom. The minimum atomic E-state index is 0.521. The van der Waals surface area contributed by atoms with Gasteiger partial charge in [0.1, 0.15) is 12.4 Å². The van der Waals surface area contributed by atoms with Gasteiger partial charge in [0, 0.05) is 18.2 Å². The summed E-state index contributed by atoms with van der Waals surface area (Å²) in [5, 5.41) is 9.24. The van der Waals surface area contributed by atoms with Crippen molar-refractivity contribution in [2.75, 3.05) is 11.4 Å². The Morgan fingerprint density at radius 1 is 1.50 bits per heavy atom. The molecule has 1 aliphatic heterocycles. The van der Waals surface area contributed by atoms with Crippen LogP contribution in [0, 0.1) is 11.3 Å². The number of hydrogen-bond donors (Lipinski definition) is 0. The largest absolute Gasteiger partial charge is 0.367 e. The first-order valence-electron chi connectivity index (χ1n) is 6.56. The maximum atomic E-state index is 10.8. The van der Waals surface area contributed by atoms with E-state index in [1.54, 1.807) is 12.1 Å². The van der Waals surface area contributed by atoms with E-state index < -0.39 is 0 Å². The third-order valence-electron chi connectivity index (χ3n) is 3.68. The number of aldehydes is 1. The Labute approximate surface area is 108 Å². The molecule has 1 heterocycles. The summed E-state index contributed by atoms with van der Waals surface area (Å²) in [6, 6.07) is 8.13. The fraction of sp³-hybridized carbons (Fsp3) is 0.467. The summed E-state index contributed by atoms with van der Waals surface area (Å²) in [4.78, 5) is 13.1. The third kappa shape index (κ3) is 2.38. The maximum absolute atomic E-state index is 10.8. The summed E-state index contributed by atoms with van der Waals surface area (Å²) in [5.41, 5.74) is 2.16. The Kier molecular flexibility index (Phi) is 3.99. The van der Waals surface area contributed by atoms with Crippen molar-refractivity contribution >= 4 is 12.0 Å². The van der Waals surface area contributed by atoms with Crippen LogP contribution in [-0.4, -0.2) is 18.9 Å². The van der Waals surface area contributed by atoms with Crippen molar-refractivity contribution in [3.05, 3.63) is 29.3 Å². The first-order valence-corrected chi connectivity index (χ1v) is 6.56. The molecule has 2 rings (SSSR count). The Balaban J connectivity index is 2.37. The normalized spacial score (nSPS) is 19.3. The number of rotatable bonds is 3. The highest BCUT2D eigenvalue weighted by molar-refractivity contribution is 5.78. The van der Waals surface area contributed by atoms with E-state index in [1.165, 1.54) is 19.3 Å². The van der Waals surface area contributed by atoms with Crippen molar-refractivity contribution in [3.8, 4) is 6.07 Å². The van der Waals surface area contributed by atoms with Gasteiger partial charge in [-0.3, -0.25) is 4.79 Å². The Hall–Kier alpha value is -1.82. The number of hydrogen-bond acceptors (Lipinski definition) is 3. The third-order valence-corrected chi connectivity index (χ3v) is 3.68. The highest BCUT2D eigenvalue weighted by atomic mass is 16.1. The van der Waals surface area contributed by atoms with Gasteiger partial charge in [-0.15, -0.1) is 0 Å². The van der Waals surface area contributed by atoms with Crippen molar-refractivity contribution in [1.29, 1.82) is 5.26 Å². The van der Waals surface area contributed by atoms with Crippen molar-refractivity contribution in [3.63, 3.8) is 0 Å². The van der Waals surface area contributed by atoms with E-state index in [9.17, 15) is 10.1 Å². The van der Waals surface area contributed by atoms with Gasteiger partial charge in [-0.05, 0) is 43.9 Å². The van der Waals surface area contributed by atoms with Crippen LogP contribution in [0.1, 0.15) is 48.5 Å². The lowest BCUT2D eigenvalue weighted by atomic mass is 9.97. The van der Waals surface area contributed by atoms with Crippen LogP contribution in [0.4, 0.5) is 5.69 Å². The van der Waals surface area contributed by atoms with Gasteiger partial charge in [0.05, 0.1) is 11.3 Å². The molecule has 1 aromatic carbocycles. The lowest BCUT2D eigenvalue weighted by molar-refractivity contribution is 0.112. The van der Waals surface area contributed by atoms with E-state index >= 15 is 0 Å². The molecule has 1 aromatic rings. The lowest BCUT2D eigenvalue weighted by Gasteiger charge is -2.37. The fourth-order valence-corrected chi connectivity index (χ4v) is 2.71. The zero-order valence-electron chi connectivity index (χ0n) is 10.7. The molecule has 0 N–H and O–H groups in total. The monoisotopic (exact) mass is 242 g/mol. The van der Waals surface area contributed by atoms with Crippen LogP contribution in [0.3, 0.4) is 0 Å². The molecular weight excluding hydrogens is 224 g/mol. The van der Waals surface area contributed by atoms with Crippen LogP contribution >= 0.6 is 0 Å². The molecule has 0 aromatic heterocycles. The molecule has 1 atom stereocenters. The summed E-state index contributed by atoms with van der Waals surface area (Å²) in [5.74, 6) is 0. The molecule has 3 heteroatoms. The van der Waals surface area contributed by atoms with E-state index in [1.807, 2.05) is 6.07 Å². The molecule has 3 nitrogen and oxygen atoms in total. The van der Waals surface area contributed by atoms with Crippen LogP contribution in [-0.2, 0) is 0 Å². The number of anilines is 1. The molecule has 1 saturated heterocycles. The van der Waals surface area contributed by atoms with E-state index in [-0.39, 0.29) is 0 Å². The van der Waals surface area contributed by atoms with E-state index in [2.05, 4.69) is 17.9 Å². The van der Waals surface area contributed by atoms with Crippen LogP contribution in [0.15, 0.2) is 18.2 Å². The topological polar surface area (TPSA) is 44.1 Å². The van der Waals surface area contributed by atoms with Crippen molar-refractivity contribution in [2.45, 2.75) is 38.6 Å². The van der Waals surface area contributed by atoms with Crippen molar-refractivity contribution < 1.29 is 4.79 Å². The summed E-state index contributed by atoms with van der Waals surface area (Å²) < 4.78 is 0. The molecule has 94 valence electrons. The van der Waals surface area contributed by atoms with E-state index in [0.717, 1.165) is 24.9 Å². The Morgan fingerprint density at radius 3 is 3.00 bits per heavy atom. The number of carbonyl (C=O) groups excluding carboxylic acids is 1. The van der Waals surface area contributed by atoms with Crippen molar-refractivity contribution in [1.82, 2.24) is 0 Å². The molecule has 0 bridgehead atoms. The first kappa shape index (κ1) is 12.6.